The number of hydrogen-bond acceptors (Lipinski definition) is 5. The van der Waals surface area contributed by atoms with Crippen molar-refractivity contribution < 1.29 is 9.59 Å². The number of hydrazine groups is 1. The minimum atomic E-state index is -0.367. The molecule has 0 heterocycles. The average Bonchev–Trinajstić information content (AvgIpc) is 2.25. The number of ketones is 1. The molecule has 0 aromatic heterocycles. The molecular weight excluding hydrogens is 220 g/mol. The number of rotatable bonds is 8. The third-order valence-corrected chi connectivity index (χ3v) is 2.33. The van der Waals surface area contributed by atoms with Crippen LogP contribution in [0, 0.1) is 0 Å². The lowest BCUT2D eigenvalue weighted by Gasteiger charge is -2.26. The van der Waals surface area contributed by atoms with E-state index in [9.17, 15) is 9.59 Å². The maximum absolute atomic E-state index is 12.0. The van der Waals surface area contributed by atoms with E-state index in [1.165, 1.54) is 6.92 Å². The molecule has 0 spiro atoms. The third-order valence-electron chi connectivity index (χ3n) is 2.33. The lowest BCUT2D eigenvalue weighted by Crippen LogP contribution is -2.52. The van der Waals surface area contributed by atoms with Gasteiger partial charge in [-0.25, -0.2) is 5.43 Å². The number of amides is 1. The Hall–Kier alpha value is -0.980. The fraction of sp³-hybridized carbons (Fsp3) is 0.818. The van der Waals surface area contributed by atoms with Crippen LogP contribution in [0.1, 0.15) is 13.8 Å². The van der Waals surface area contributed by atoms with Gasteiger partial charge in [0.15, 0.2) is 0 Å². The summed E-state index contributed by atoms with van der Waals surface area (Å²) in [6.45, 7) is 4.86. The van der Waals surface area contributed by atoms with E-state index in [1.54, 1.807) is 19.0 Å². The molecule has 0 aromatic carbocycles. The molecule has 1 atom stereocenters. The Balaban J connectivity index is 4.17. The fourth-order valence-electron chi connectivity index (χ4n) is 1.25. The molecule has 0 aromatic rings. The fourth-order valence-corrected chi connectivity index (χ4v) is 1.25. The highest BCUT2D eigenvalue weighted by molar-refractivity contribution is 5.83. The molecule has 2 N–H and O–H groups in total. The predicted molar refractivity (Wildman–Crippen MR) is 67.5 cm³/mol. The molecule has 17 heavy (non-hydrogen) atoms. The van der Waals surface area contributed by atoms with Gasteiger partial charge >= 0.3 is 0 Å². The van der Waals surface area contributed by atoms with E-state index < -0.39 is 0 Å². The summed E-state index contributed by atoms with van der Waals surface area (Å²) < 4.78 is 0. The Morgan fingerprint density at radius 2 is 1.82 bits per heavy atom. The number of carbonyl (C=O) groups is 2. The van der Waals surface area contributed by atoms with Crippen LogP contribution in [0.5, 0.6) is 0 Å². The number of likely N-dealkylation sites (N-methyl/N-ethyl adjacent to an activating group) is 1. The summed E-state index contributed by atoms with van der Waals surface area (Å²) in [4.78, 5) is 24.8. The lowest BCUT2D eigenvalue weighted by molar-refractivity contribution is -0.136. The molecule has 0 radical (unpaired) electrons. The van der Waals surface area contributed by atoms with Gasteiger partial charge in [-0.15, -0.1) is 0 Å². The molecular formula is C11H24N4O2. The van der Waals surface area contributed by atoms with Gasteiger partial charge in [0.1, 0.15) is 5.78 Å². The molecule has 6 heteroatoms. The van der Waals surface area contributed by atoms with Crippen molar-refractivity contribution in [1.82, 2.24) is 20.7 Å². The summed E-state index contributed by atoms with van der Waals surface area (Å²) >= 11 is 0. The molecule has 0 fully saturated rings. The van der Waals surface area contributed by atoms with Gasteiger partial charge in [-0.2, -0.15) is 0 Å². The standard InChI is InChI=1S/C11H24N4O2/c1-9(16)8-13-10(2)11(17)15(12-3)7-6-14(4)5/h10,12-13H,6-8H2,1-5H3/t10-/m1/s1. The van der Waals surface area contributed by atoms with Gasteiger partial charge in [0.25, 0.3) is 5.91 Å². The van der Waals surface area contributed by atoms with Gasteiger partial charge in [-0.05, 0) is 27.9 Å². The maximum Gasteiger partial charge on any atom is 0.253 e. The van der Waals surface area contributed by atoms with Crippen LogP contribution >= 0.6 is 0 Å². The van der Waals surface area contributed by atoms with Crippen LogP contribution in [0.25, 0.3) is 0 Å². The molecule has 0 saturated carbocycles. The summed E-state index contributed by atoms with van der Waals surface area (Å²) in [6.07, 6.45) is 0. The molecule has 1 amide bonds. The van der Waals surface area contributed by atoms with Crippen LogP contribution in [0.4, 0.5) is 0 Å². The second-order valence-corrected chi connectivity index (χ2v) is 4.32. The van der Waals surface area contributed by atoms with Gasteiger partial charge in [0.2, 0.25) is 0 Å². The Bertz CT molecular complexity index is 256. The zero-order chi connectivity index (χ0) is 13.4. The van der Waals surface area contributed by atoms with E-state index in [0.717, 1.165) is 6.54 Å². The number of nitrogens with zero attached hydrogens (tertiary/aromatic N) is 2. The van der Waals surface area contributed by atoms with Gasteiger partial charge in [0, 0.05) is 13.6 Å². The van der Waals surface area contributed by atoms with Crippen molar-refractivity contribution in [1.29, 1.82) is 0 Å². The molecule has 6 nitrogen and oxygen atoms in total. The maximum atomic E-state index is 12.0. The Labute approximate surface area is 103 Å². The highest BCUT2D eigenvalue weighted by Crippen LogP contribution is 1.92. The van der Waals surface area contributed by atoms with E-state index in [0.29, 0.717) is 6.54 Å². The van der Waals surface area contributed by atoms with Crippen molar-refractivity contribution >= 4 is 11.7 Å². The van der Waals surface area contributed by atoms with E-state index in [4.69, 9.17) is 0 Å². The van der Waals surface area contributed by atoms with Gasteiger partial charge in [-0.3, -0.25) is 19.9 Å². The van der Waals surface area contributed by atoms with Crippen LogP contribution in [0.2, 0.25) is 0 Å². The molecule has 0 aliphatic rings. The largest absolute Gasteiger partial charge is 0.308 e. The minimum Gasteiger partial charge on any atom is -0.308 e. The van der Waals surface area contributed by atoms with Crippen molar-refractivity contribution in [2.24, 2.45) is 0 Å². The van der Waals surface area contributed by atoms with Gasteiger partial charge in [-0.1, -0.05) is 0 Å². The highest BCUT2D eigenvalue weighted by atomic mass is 16.2. The number of carbonyl (C=O) groups excluding carboxylic acids is 2. The average molecular weight is 244 g/mol. The molecule has 0 unspecified atom stereocenters. The first-order chi connectivity index (χ1) is 7.88. The van der Waals surface area contributed by atoms with Crippen molar-refractivity contribution in [2.75, 3.05) is 40.8 Å². The van der Waals surface area contributed by atoms with E-state index in [1.807, 2.05) is 19.0 Å². The lowest BCUT2D eigenvalue weighted by atomic mass is 10.3. The SMILES string of the molecule is CNN(CCN(C)C)C(=O)[C@@H](C)NCC(C)=O. The molecule has 0 rings (SSSR count). The smallest absolute Gasteiger partial charge is 0.253 e. The van der Waals surface area contributed by atoms with Crippen LogP contribution in [-0.4, -0.2) is 68.4 Å². The zero-order valence-corrected chi connectivity index (χ0v) is 11.4. The highest BCUT2D eigenvalue weighted by Gasteiger charge is 2.19. The topological polar surface area (TPSA) is 64.7 Å². The Kier molecular flexibility index (Phi) is 7.69. The number of nitrogens with one attached hydrogen (secondary N) is 2. The monoisotopic (exact) mass is 244 g/mol. The predicted octanol–water partition coefficient (Wildman–Crippen LogP) is -0.922. The Morgan fingerprint density at radius 3 is 2.24 bits per heavy atom. The van der Waals surface area contributed by atoms with E-state index >= 15 is 0 Å². The van der Waals surface area contributed by atoms with Gasteiger partial charge < -0.3 is 4.90 Å². The Morgan fingerprint density at radius 1 is 1.24 bits per heavy atom. The van der Waals surface area contributed by atoms with E-state index in [-0.39, 0.29) is 24.3 Å². The van der Waals surface area contributed by atoms with Crippen molar-refractivity contribution in [3.8, 4) is 0 Å². The molecule has 100 valence electrons. The second-order valence-electron chi connectivity index (χ2n) is 4.32. The molecule has 0 aliphatic carbocycles. The summed E-state index contributed by atoms with van der Waals surface area (Å²) in [6, 6.07) is -0.367. The van der Waals surface area contributed by atoms with Crippen molar-refractivity contribution in [3.63, 3.8) is 0 Å². The first kappa shape index (κ1) is 16.0. The van der Waals surface area contributed by atoms with Crippen LogP contribution in [0.3, 0.4) is 0 Å². The zero-order valence-electron chi connectivity index (χ0n) is 11.4. The summed E-state index contributed by atoms with van der Waals surface area (Å²) in [5.74, 6) is -0.0375. The van der Waals surface area contributed by atoms with Crippen LogP contribution < -0.4 is 10.7 Å². The van der Waals surface area contributed by atoms with Crippen molar-refractivity contribution in [2.45, 2.75) is 19.9 Å². The first-order valence-corrected chi connectivity index (χ1v) is 5.74. The third kappa shape index (κ3) is 7.04. The van der Waals surface area contributed by atoms with Crippen molar-refractivity contribution in [3.05, 3.63) is 0 Å². The summed E-state index contributed by atoms with van der Waals surface area (Å²) in [7, 11) is 5.62. The quantitative estimate of drug-likeness (QED) is 0.541. The first-order valence-electron chi connectivity index (χ1n) is 5.74. The van der Waals surface area contributed by atoms with Gasteiger partial charge in [0.05, 0.1) is 19.1 Å². The summed E-state index contributed by atoms with van der Waals surface area (Å²) in [5.41, 5.74) is 2.86. The second kappa shape index (κ2) is 8.16. The number of hydrogen-bond donors (Lipinski definition) is 2. The summed E-state index contributed by atoms with van der Waals surface area (Å²) in [5, 5.41) is 4.44. The molecule has 0 saturated heterocycles. The normalized spacial score (nSPS) is 12.6. The van der Waals surface area contributed by atoms with E-state index in [2.05, 4.69) is 10.7 Å². The molecule has 0 aliphatic heterocycles. The van der Waals surface area contributed by atoms with Crippen LogP contribution in [0.15, 0.2) is 0 Å². The number of Topliss-reactive ketones (excluding diaryl/α,β-unsaturated/α-hetero) is 1. The van der Waals surface area contributed by atoms with Crippen LogP contribution in [-0.2, 0) is 9.59 Å². The molecule has 0 bridgehead atoms. The minimum absolute atomic E-state index is 0.0222.